The molecule has 0 radical (unpaired) electrons. The van der Waals surface area contributed by atoms with Crippen molar-refractivity contribution in [3.63, 3.8) is 0 Å². The standard InChI is InChI=1S/C75H120O6/c1-4-7-10-13-16-19-22-25-27-29-31-32-33-34-35-36-37-38-39-40-41-42-44-45-47-50-53-56-59-62-65-68-74(77)80-71-72(70-79-73(76)67-64-61-58-55-52-49-24-21-18-15-12-9-6-3)81-75(78)69-66-63-60-57-54-51-48-46-43-30-28-26-23-20-17-14-11-8-5-2/h8-9,11-12,17-18,20-22,25-26,28-29,31,33-34,43,46,49,51-52,54,58,60-61,63,72H,4-7,10,13-16,19,23-24,27,30,32,35-42,44-45,47-48,50,53,55-57,59,62,64-71H2,1-3H3/b11-8-,12-9-,20-17-,21-18-,25-22-,28-26-,31-29-,34-33-,46-43-,52-49-,54-51-,61-58-,63-60-. The maximum absolute atomic E-state index is 12.9. The normalized spacial score (nSPS) is 13.2. The van der Waals surface area contributed by atoms with Gasteiger partial charge in [-0.3, -0.25) is 14.4 Å². The average molecular weight is 1120 g/mol. The molecule has 0 aliphatic heterocycles. The van der Waals surface area contributed by atoms with E-state index in [4.69, 9.17) is 14.2 Å². The zero-order chi connectivity index (χ0) is 58.5. The molecule has 0 fully saturated rings. The first-order chi connectivity index (χ1) is 40.0. The highest BCUT2D eigenvalue weighted by molar-refractivity contribution is 5.71. The van der Waals surface area contributed by atoms with Gasteiger partial charge in [-0.25, -0.2) is 0 Å². The molecule has 0 aromatic rings. The molecule has 81 heavy (non-hydrogen) atoms. The highest BCUT2D eigenvalue weighted by Crippen LogP contribution is 2.16. The first-order valence-corrected chi connectivity index (χ1v) is 33.0. The minimum absolute atomic E-state index is 0.135. The van der Waals surface area contributed by atoms with Crippen molar-refractivity contribution in [1.82, 2.24) is 0 Å². The van der Waals surface area contributed by atoms with Crippen LogP contribution < -0.4 is 0 Å². The molecule has 0 aliphatic carbocycles. The summed E-state index contributed by atoms with van der Waals surface area (Å²) in [4.78, 5) is 38.2. The van der Waals surface area contributed by atoms with Crippen LogP contribution in [0, 0.1) is 0 Å². The van der Waals surface area contributed by atoms with E-state index in [1.54, 1.807) is 0 Å². The fraction of sp³-hybridized carbons (Fsp3) is 0.613. The van der Waals surface area contributed by atoms with Crippen molar-refractivity contribution >= 4 is 17.9 Å². The Bertz CT molecular complexity index is 1810. The van der Waals surface area contributed by atoms with Crippen LogP contribution in [0.25, 0.3) is 0 Å². The molecule has 0 saturated carbocycles. The SMILES string of the molecule is CC/C=C\C/C=C\C/C=C\C/C=C\C/C=C\C/C=C\CCC(=O)OC(COC(=O)CC/C=C\C/C=C\C/C=C\C/C=C\CC)COC(=O)CCCCCCCCCCCCCCCCCC/C=C\C/C=C\C/C=C\CCCCCCC. The highest BCUT2D eigenvalue weighted by Gasteiger charge is 2.19. The van der Waals surface area contributed by atoms with Gasteiger partial charge in [0.15, 0.2) is 6.10 Å². The van der Waals surface area contributed by atoms with Gasteiger partial charge < -0.3 is 14.2 Å². The summed E-state index contributed by atoms with van der Waals surface area (Å²) in [6.07, 6.45) is 98.7. The number of allylic oxidation sites excluding steroid dienone is 26. The van der Waals surface area contributed by atoms with Crippen molar-refractivity contribution in [2.24, 2.45) is 0 Å². The Labute approximate surface area is 499 Å². The highest BCUT2D eigenvalue weighted by atomic mass is 16.6. The minimum Gasteiger partial charge on any atom is -0.462 e. The third-order valence-corrected chi connectivity index (χ3v) is 13.5. The molecular formula is C75H120O6. The van der Waals surface area contributed by atoms with Crippen molar-refractivity contribution in [3.05, 3.63) is 158 Å². The van der Waals surface area contributed by atoms with Crippen LogP contribution in [0.15, 0.2) is 158 Å². The third-order valence-electron chi connectivity index (χ3n) is 13.5. The number of carbonyl (C=O) groups is 3. The number of hydrogen-bond acceptors (Lipinski definition) is 6. The van der Waals surface area contributed by atoms with Crippen LogP contribution in [0.2, 0.25) is 0 Å². The van der Waals surface area contributed by atoms with Crippen LogP contribution in [0.1, 0.15) is 278 Å². The second kappa shape index (κ2) is 67.5. The van der Waals surface area contributed by atoms with Crippen molar-refractivity contribution < 1.29 is 28.6 Å². The molecule has 0 aromatic carbocycles. The molecule has 0 rings (SSSR count). The first-order valence-electron chi connectivity index (χ1n) is 33.0. The quantitative estimate of drug-likeness (QED) is 0.0261. The summed E-state index contributed by atoms with van der Waals surface area (Å²) in [6, 6.07) is 0. The predicted octanol–water partition coefficient (Wildman–Crippen LogP) is 22.9. The molecule has 0 aliphatic rings. The average Bonchev–Trinajstić information content (AvgIpc) is 3.46. The summed E-state index contributed by atoms with van der Waals surface area (Å²) in [6.45, 7) is 6.27. The van der Waals surface area contributed by atoms with Crippen LogP contribution in [0.4, 0.5) is 0 Å². The number of carbonyl (C=O) groups excluding carboxylic acids is 3. The molecule has 6 heteroatoms. The number of esters is 3. The van der Waals surface area contributed by atoms with Crippen LogP contribution in [0.5, 0.6) is 0 Å². The van der Waals surface area contributed by atoms with Gasteiger partial charge in [-0.05, 0) is 122 Å². The third kappa shape index (κ3) is 65.7. The summed E-state index contributed by atoms with van der Waals surface area (Å²) >= 11 is 0. The lowest BCUT2D eigenvalue weighted by Crippen LogP contribution is -2.30. The summed E-state index contributed by atoms with van der Waals surface area (Å²) in [5.41, 5.74) is 0. The lowest BCUT2D eigenvalue weighted by molar-refractivity contribution is -0.166. The molecule has 0 N–H and O–H groups in total. The number of hydrogen-bond donors (Lipinski definition) is 0. The monoisotopic (exact) mass is 1120 g/mol. The Balaban J connectivity index is 4.36. The number of rotatable bonds is 58. The summed E-state index contributed by atoms with van der Waals surface area (Å²) in [5, 5.41) is 0. The second-order valence-corrected chi connectivity index (χ2v) is 21.3. The zero-order valence-corrected chi connectivity index (χ0v) is 52.2. The summed E-state index contributed by atoms with van der Waals surface area (Å²) in [5.74, 6) is -1.11. The summed E-state index contributed by atoms with van der Waals surface area (Å²) < 4.78 is 16.8. The van der Waals surface area contributed by atoms with E-state index < -0.39 is 12.1 Å². The zero-order valence-electron chi connectivity index (χ0n) is 52.2. The largest absolute Gasteiger partial charge is 0.462 e. The molecule has 6 nitrogen and oxygen atoms in total. The summed E-state index contributed by atoms with van der Waals surface area (Å²) in [7, 11) is 0. The van der Waals surface area contributed by atoms with Gasteiger partial charge in [0, 0.05) is 19.3 Å². The topological polar surface area (TPSA) is 78.9 Å². The Morgan fingerprint density at radius 1 is 0.259 bits per heavy atom. The van der Waals surface area contributed by atoms with Gasteiger partial charge in [0.1, 0.15) is 13.2 Å². The Hall–Kier alpha value is -4.97. The van der Waals surface area contributed by atoms with E-state index in [0.717, 1.165) is 96.3 Å². The van der Waals surface area contributed by atoms with E-state index in [1.165, 1.54) is 128 Å². The van der Waals surface area contributed by atoms with Crippen LogP contribution in [-0.2, 0) is 28.6 Å². The smallest absolute Gasteiger partial charge is 0.306 e. The van der Waals surface area contributed by atoms with Gasteiger partial charge in [-0.1, -0.05) is 294 Å². The van der Waals surface area contributed by atoms with Crippen molar-refractivity contribution in [1.29, 1.82) is 0 Å². The van der Waals surface area contributed by atoms with Gasteiger partial charge in [0.05, 0.1) is 0 Å². The van der Waals surface area contributed by atoms with E-state index >= 15 is 0 Å². The number of unbranched alkanes of at least 4 members (excludes halogenated alkanes) is 21. The predicted molar refractivity (Wildman–Crippen MR) is 352 cm³/mol. The van der Waals surface area contributed by atoms with Gasteiger partial charge in [-0.15, -0.1) is 0 Å². The maximum Gasteiger partial charge on any atom is 0.306 e. The Kier molecular flexibility index (Phi) is 63.4. The molecule has 0 spiro atoms. The van der Waals surface area contributed by atoms with Gasteiger partial charge in [0.2, 0.25) is 0 Å². The van der Waals surface area contributed by atoms with Crippen molar-refractivity contribution in [2.45, 2.75) is 284 Å². The fourth-order valence-corrected chi connectivity index (χ4v) is 8.67. The molecule has 456 valence electrons. The fourth-order valence-electron chi connectivity index (χ4n) is 8.67. The molecule has 1 atom stereocenters. The Morgan fingerprint density at radius 3 is 0.827 bits per heavy atom. The lowest BCUT2D eigenvalue weighted by atomic mass is 10.0. The van der Waals surface area contributed by atoms with Crippen molar-refractivity contribution in [2.75, 3.05) is 13.2 Å². The van der Waals surface area contributed by atoms with Crippen molar-refractivity contribution in [3.8, 4) is 0 Å². The molecule has 0 aromatic heterocycles. The van der Waals surface area contributed by atoms with E-state index in [9.17, 15) is 14.4 Å². The lowest BCUT2D eigenvalue weighted by Gasteiger charge is -2.18. The van der Waals surface area contributed by atoms with Gasteiger partial charge in [-0.2, -0.15) is 0 Å². The molecule has 1 unspecified atom stereocenters. The van der Waals surface area contributed by atoms with Gasteiger partial charge in [0.25, 0.3) is 0 Å². The molecule has 0 amide bonds. The minimum atomic E-state index is -0.855. The molecule has 0 saturated heterocycles. The van der Waals surface area contributed by atoms with E-state index in [0.29, 0.717) is 19.3 Å². The first kappa shape index (κ1) is 76.0. The van der Waals surface area contributed by atoms with Gasteiger partial charge >= 0.3 is 17.9 Å². The maximum atomic E-state index is 12.9. The van der Waals surface area contributed by atoms with E-state index in [-0.39, 0.29) is 38.0 Å². The molecule has 0 bridgehead atoms. The van der Waals surface area contributed by atoms with Crippen LogP contribution in [0.3, 0.4) is 0 Å². The van der Waals surface area contributed by atoms with E-state index in [1.807, 2.05) is 24.3 Å². The van der Waals surface area contributed by atoms with Crippen LogP contribution in [-0.4, -0.2) is 37.2 Å². The number of ether oxygens (including phenoxy) is 3. The molecule has 0 heterocycles. The Morgan fingerprint density at radius 2 is 0.506 bits per heavy atom. The second-order valence-electron chi connectivity index (χ2n) is 21.3. The molecular weight excluding hydrogens is 997 g/mol. The van der Waals surface area contributed by atoms with E-state index in [2.05, 4.69) is 154 Å². The van der Waals surface area contributed by atoms with Crippen LogP contribution >= 0.6 is 0 Å².